The number of ketones is 1. The summed E-state index contributed by atoms with van der Waals surface area (Å²) in [6, 6.07) is 3.75. The lowest BCUT2D eigenvalue weighted by Gasteiger charge is -2.07. The average molecular weight is 247 g/mol. The fraction of sp³-hybridized carbons (Fsp3) is 0.231. The zero-order valence-electron chi connectivity index (χ0n) is 10.1. The van der Waals surface area contributed by atoms with E-state index in [1.54, 1.807) is 17.0 Å². The summed E-state index contributed by atoms with van der Waals surface area (Å²) in [5, 5.41) is 0. The number of rotatable bonds is 4. The molecule has 0 spiro atoms. The van der Waals surface area contributed by atoms with E-state index in [1.807, 2.05) is 6.92 Å². The van der Waals surface area contributed by atoms with Gasteiger partial charge < -0.3 is 10.3 Å². The van der Waals surface area contributed by atoms with Crippen LogP contribution in [0.5, 0.6) is 0 Å². The van der Waals surface area contributed by atoms with Crippen molar-refractivity contribution < 1.29 is 9.18 Å². The molecule has 0 aliphatic carbocycles. The molecule has 1 aromatic heterocycles. The van der Waals surface area contributed by atoms with E-state index in [-0.39, 0.29) is 22.9 Å². The van der Waals surface area contributed by atoms with Crippen molar-refractivity contribution in [3.63, 3.8) is 0 Å². The van der Waals surface area contributed by atoms with Gasteiger partial charge in [0.1, 0.15) is 5.82 Å². The van der Waals surface area contributed by atoms with Crippen LogP contribution < -0.4 is 5.73 Å². The highest BCUT2D eigenvalue weighted by Gasteiger charge is 2.17. The minimum Gasteiger partial charge on any atom is -0.398 e. The Morgan fingerprint density at radius 2 is 2.28 bits per heavy atom. The van der Waals surface area contributed by atoms with Crippen LogP contribution in [0.1, 0.15) is 29.5 Å². The number of benzene rings is 1. The van der Waals surface area contributed by atoms with E-state index in [0.29, 0.717) is 6.54 Å². The second-order valence-electron chi connectivity index (χ2n) is 4.00. The molecule has 0 saturated carbocycles. The Labute approximate surface area is 104 Å². The number of hydrogen-bond acceptors (Lipinski definition) is 3. The minimum absolute atomic E-state index is 0.151. The number of aryl methyl sites for hydroxylation is 1. The van der Waals surface area contributed by atoms with Crippen molar-refractivity contribution in [1.29, 1.82) is 0 Å². The molecule has 0 saturated heterocycles. The molecule has 0 bridgehead atoms. The second-order valence-corrected chi connectivity index (χ2v) is 4.00. The average Bonchev–Trinajstić information content (AvgIpc) is 2.80. The molecule has 0 radical (unpaired) electrons. The van der Waals surface area contributed by atoms with E-state index in [2.05, 4.69) is 4.98 Å². The summed E-state index contributed by atoms with van der Waals surface area (Å²) in [5.41, 5.74) is 6.10. The SMILES string of the molecule is CCCn1ccnc1C(=O)c1cc(F)ccc1N. The number of imidazole rings is 1. The smallest absolute Gasteiger partial charge is 0.230 e. The molecule has 0 amide bonds. The third-order valence-corrected chi connectivity index (χ3v) is 2.64. The van der Waals surface area contributed by atoms with Gasteiger partial charge in [-0.2, -0.15) is 0 Å². The first-order valence-corrected chi connectivity index (χ1v) is 5.74. The molecule has 1 aromatic carbocycles. The largest absolute Gasteiger partial charge is 0.398 e. The van der Waals surface area contributed by atoms with Gasteiger partial charge in [-0.05, 0) is 24.6 Å². The third-order valence-electron chi connectivity index (χ3n) is 2.64. The van der Waals surface area contributed by atoms with Crippen LogP contribution >= 0.6 is 0 Å². The normalized spacial score (nSPS) is 10.6. The number of nitrogen functional groups attached to an aromatic ring is 1. The topological polar surface area (TPSA) is 60.9 Å². The molecule has 18 heavy (non-hydrogen) atoms. The van der Waals surface area contributed by atoms with Crippen LogP contribution in [0, 0.1) is 5.82 Å². The standard InChI is InChI=1S/C13H14FN3O/c1-2-6-17-7-5-16-13(17)12(18)10-8-9(14)3-4-11(10)15/h3-5,7-8H,2,6,15H2,1H3. The second kappa shape index (κ2) is 5.00. The Kier molecular flexibility index (Phi) is 3.41. The van der Waals surface area contributed by atoms with Crippen molar-refractivity contribution in [1.82, 2.24) is 9.55 Å². The van der Waals surface area contributed by atoms with Crippen LogP contribution in [0.4, 0.5) is 10.1 Å². The maximum absolute atomic E-state index is 13.2. The molecule has 1 heterocycles. The molecule has 4 nitrogen and oxygen atoms in total. The highest BCUT2D eigenvalue weighted by atomic mass is 19.1. The summed E-state index contributed by atoms with van der Waals surface area (Å²) in [6.45, 7) is 2.70. The van der Waals surface area contributed by atoms with Gasteiger partial charge in [0.2, 0.25) is 5.78 Å². The fourth-order valence-corrected chi connectivity index (χ4v) is 1.79. The van der Waals surface area contributed by atoms with Gasteiger partial charge >= 0.3 is 0 Å². The first kappa shape index (κ1) is 12.3. The maximum Gasteiger partial charge on any atom is 0.230 e. The number of hydrogen-bond donors (Lipinski definition) is 1. The van der Waals surface area contributed by atoms with Crippen LogP contribution in [-0.2, 0) is 6.54 Å². The zero-order valence-corrected chi connectivity index (χ0v) is 10.1. The first-order chi connectivity index (χ1) is 8.63. The molecule has 0 aliphatic heterocycles. The lowest BCUT2D eigenvalue weighted by Crippen LogP contribution is -2.13. The van der Waals surface area contributed by atoms with Gasteiger partial charge in [0.15, 0.2) is 5.82 Å². The van der Waals surface area contributed by atoms with Gasteiger partial charge in [-0.15, -0.1) is 0 Å². The number of carbonyl (C=O) groups is 1. The van der Waals surface area contributed by atoms with Crippen LogP contribution in [-0.4, -0.2) is 15.3 Å². The molecule has 5 heteroatoms. The Hall–Kier alpha value is -2.17. The number of halogens is 1. The highest BCUT2D eigenvalue weighted by Crippen LogP contribution is 2.17. The van der Waals surface area contributed by atoms with Gasteiger partial charge in [-0.3, -0.25) is 4.79 Å². The molecular formula is C13H14FN3O. The lowest BCUT2D eigenvalue weighted by atomic mass is 10.1. The van der Waals surface area contributed by atoms with Crippen molar-refractivity contribution in [3.8, 4) is 0 Å². The summed E-state index contributed by atoms with van der Waals surface area (Å²) in [4.78, 5) is 16.3. The van der Waals surface area contributed by atoms with E-state index in [1.165, 1.54) is 12.1 Å². The number of carbonyl (C=O) groups excluding carboxylic acids is 1. The summed E-state index contributed by atoms with van der Waals surface area (Å²) < 4.78 is 14.9. The maximum atomic E-state index is 13.2. The number of nitrogens with zero attached hydrogens (tertiary/aromatic N) is 2. The van der Waals surface area contributed by atoms with Crippen LogP contribution in [0.3, 0.4) is 0 Å². The minimum atomic E-state index is -0.485. The Morgan fingerprint density at radius 1 is 1.50 bits per heavy atom. The third kappa shape index (κ3) is 2.25. The predicted molar refractivity (Wildman–Crippen MR) is 66.8 cm³/mol. The summed E-state index contributed by atoms with van der Waals surface area (Å²) in [7, 11) is 0. The Morgan fingerprint density at radius 3 is 3.00 bits per heavy atom. The van der Waals surface area contributed by atoms with Crippen molar-refractivity contribution in [2.75, 3.05) is 5.73 Å². The van der Waals surface area contributed by atoms with E-state index in [0.717, 1.165) is 12.5 Å². The van der Waals surface area contributed by atoms with Gasteiger partial charge in [-0.1, -0.05) is 6.92 Å². The number of anilines is 1. The van der Waals surface area contributed by atoms with Crippen LogP contribution in [0.25, 0.3) is 0 Å². The molecule has 0 aliphatic rings. The fourth-order valence-electron chi connectivity index (χ4n) is 1.79. The number of nitrogens with two attached hydrogens (primary N) is 1. The summed E-state index contributed by atoms with van der Waals surface area (Å²) >= 11 is 0. The molecule has 2 rings (SSSR count). The van der Waals surface area contributed by atoms with Crippen LogP contribution in [0.15, 0.2) is 30.6 Å². The molecule has 0 atom stereocenters. The van der Waals surface area contributed by atoms with Gasteiger partial charge in [0, 0.05) is 24.6 Å². The Balaban J connectivity index is 2.41. The Bertz CT molecular complexity index is 577. The van der Waals surface area contributed by atoms with Crippen LogP contribution in [0.2, 0.25) is 0 Å². The molecule has 94 valence electrons. The van der Waals surface area contributed by atoms with E-state index in [9.17, 15) is 9.18 Å². The van der Waals surface area contributed by atoms with Crippen molar-refractivity contribution in [3.05, 3.63) is 47.8 Å². The molecule has 2 aromatic rings. The van der Waals surface area contributed by atoms with E-state index in [4.69, 9.17) is 5.73 Å². The van der Waals surface area contributed by atoms with Gasteiger partial charge in [0.05, 0.1) is 5.56 Å². The summed E-state index contributed by atoms with van der Waals surface area (Å²) in [5.74, 6) is -0.555. The lowest BCUT2D eigenvalue weighted by molar-refractivity contribution is 0.102. The van der Waals surface area contributed by atoms with Crippen molar-refractivity contribution >= 4 is 11.5 Å². The predicted octanol–water partition coefficient (Wildman–Crippen LogP) is 2.25. The monoisotopic (exact) mass is 247 g/mol. The molecular weight excluding hydrogens is 233 g/mol. The highest BCUT2D eigenvalue weighted by molar-refractivity contribution is 6.10. The van der Waals surface area contributed by atoms with Crippen molar-refractivity contribution in [2.45, 2.75) is 19.9 Å². The van der Waals surface area contributed by atoms with Gasteiger partial charge in [0.25, 0.3) is 0 Å². The molecule has 2 N–H and O–H groups in total. The quantitative estimate of drug-likeness (QED) is 0.665. The van der Waals surface area contributed by atoms with E-state index < -0.39 is 5.82 Å². The summed E-state index contributed by atoms with van der Waals surface area (Å²) in [6.07, 6.45) is 4.17. The zero-order chi connectivity index (χ0) is 13.1. The van der Waals surface area contributed by atoms with Crippen molar-refractivity contribution in [2.24, 2.45) is 0 Å². The number of aromatic nitrogens is 2. The van der Waals surface area contributed by atoms with Gasteiger partial charge in [-0.25, -0.2) is 9.37 Å². The van der Waals surface area contributed by atoms with E-state index >= 15 is 0 Å². The first-order valence-electron chi connectivity index (χ1n) is 5.74. The molecule has 0 unspecified atom stereocenters. The molecule has 0 fully saturated rings.